The number of hydrogen-bond acceptors (Lipinski definition) is 6. The Balaban J connectivity index is 1.43. The summed E-state index contributed by atoms with van der Waals surface area (Å²) in [4.78, 5) is 35.3. The number of rotatable bonds is 6. The van der Waals surface area contributed by atoms with Gasteiger partial charge in [-0.25, -0.2) is 0 Å². The van der Waals surface area contributed by atoms with E-state index in [9.17, 15) is 14.4 Å². The lowest BCUT2D eigenvalue weighted by atomic mass is 10.1. The summed E-state index contributed by atoms with van der Waals surface area (Å²) in [6.07, 6.45) is 0. The van der Waals surface area contributed by atoms with Crippen LogP contribution in [-0.2, 0) is 16.1 Å². The van der Waals surface area contributed by atoms with E-state index in [1.807, 2.05) is 6.07 Å². The van der Waals surface area contributed by atoms with Gasteiger partial charge in [0.05, 0.1) is 11.5 Å². The quantitative estimate of drug-likeness (QED) is 0.720. The number of carbonyl (C=O) groups is 3. The van der Waals surface area contributed by atoms with E-state index in [1.165, 1.54) is 11.8 Å². The van der Waals surface area contributed by atoms with Crippen molar-refractivity contribution in [2.45, 2.75) is 13.5 Å². The zero-order chi connectivity index (χ0) is 17.8. The summed E-state index contributed by atoms with van der Waals surface area (Å²) in [5, 5.41) is 11.7. The zero-order valence-electron chi connectivity index (χ0n) is 13.4. The molecule has 0 saturated heterocycles. The van der Waals surface area contributed by atoms with Crippen LogP contribution in [0.15, 0.2) is 28.8 Å². The van der Waals surface area contributed by atoms with Crippen LogP contribution in [0, 0.1) is 6.92 Å². The fourth-order valence-electron chi connectivity index (χ4n) is 2.33. The van der Waals surface area contributed by atoms with Gasteiger partial charge in [-0.3, -0.25) is 14.4 Å². The minimum absolute atomic E-state index is 0.117. The Morgan fingerprint density at radius 1 is 1.24 bits per heavy atom. The molecule has 0 aliphatic carbocycles. The van der Waals surface area contributed by atoms with Crippen molar-refractivity contribution in [2.24, 2.45) is 0 Å². The lowest BCUT2D eigenvalue weighted by molar-refractivity contribution is -0.114. The Morgan fingerprint density at radius 3 is 2.72 bits per heavy atom. The topological polar surface area (TPSA) is 113 Å². The Kier molecular flexibility index (Phi) is 5.03. The first kappa shape index (κ1) is 17.0. The Labute approximate surface area is 147 Å². The highest BCUT2D eigenvalue weighted by molar-refractivity contribution is 8.00. The van der Waals surface area contributed by atoms with Crippen LogP contribution in [0.25, 0.3) is 0 Å². The molecule has 25 heavy (non-hydrogen) atoms. The van der Waals surface area contributed by atoms with Crippen molar-refractivity contribution >= 4 is 41.0 Å². The van der Waals surface area contributed by atoms with E-state index in [0.29, 0.717) is 29.4 Å². The summed E-state index contributed by atoms with van der Waals surface area (Å²) < 4.78 is 4.85. The second-order valence-corrected chi connectivity index (χ2v) is 6.45. The number of aromatic nitrogens is 1. The molecule has 1 aliphatic rings. The van der Waals surface area contributed by atoms with Gasteiger partial charge in [-0.1, -0.05) is 11.2 Å². The highest BCUT2D eigenvalue weighted by Gasteiger charge is 2.19. The molecule has 0 unspecified atom stereocenters. The molecule has 3 amide bonds. The average Bonchev–Trinajstić information content (AvgIpc) is 3.13. The maximum atomic E-state index is 11.9. The highest BCUT2D eigenvalue weighted by atomic mass is 32.2. The van der Waals surface area contributed by atoms with Crippen molar-refractivity contribution in [1.82, 2.24) is 10.5 Å². The van der Waals surface area contributed by atoms with Crippen LogP contribution < -0.4 is 16.0 Å². The third kappa shape index (κ3) is 4.38. The predicted octanol–water partition coefficient (Wildman–Crippen LogP) is 1.54. The van der Waals surface area contributed by atoms with Crippen LogP contribution in [0.5, 0.6) is 0 Å². The van der Waals surface area contributed by atoms with Gasteiger partial charge in [-0.05, 0) is 24.6 Å². The number of thioether (sulfide) groups is 1. The van der Waals surface area contributed by atoms with Crippen molar-refractivity contribution in [1.29, 1.82) is 0 Å². The standard InChI is InChI=1S/C16H16N4O4S/c1-9-4-13(20-24-9)19-15(22)8-25-7-14(21)18-11-3-2-10-6-17-16(23)12(10)5-11/h2-5H,6-8H2,1H3,(H,17,23)(H,18,21)(H,19,20,22). The first-order valence-electron chi connectivity index (χ1n) is 7.53. The normalized spacial score (nSPS) is 12.4. The number of anilines is 2. The average molecular weight is 360 g/mol. The molecule has 1 aromatic carbocycles. The Bertz CT molecular complexity index is 833. The maximum Gasteiger partial charge on any atom is 0.251 e. The third-order valence-electron chi connectivity index (χ3n) is 3.44. The van der Waals surface area contributed by atoms with Gasteiger partial charge < -0.3 is 20.5 Å². The molecule has 0 atom stereocenters. The molecule has 0 saturated carbocycles. The molecule has 2 heterocycles. The van der Waals surface area contributed by atoms with E-state index in [1.54, 1.807) is 25.1 Å². The van der Waals surface area contributed by atoms with Crippen LogP contribution >= 0.6 is 11.8 Å². The second kappa shape index (κ2) is 7.39. The molecule has 3 N–H and O–H groups in total. The number of nitrogens with zero attached hydrogens (tertiary/aromatic N) is 1. The predicted molar refractivity (Wildman–Crippen MR) is 93.4 cm³/mol. The first-order chi connectivity index (χ1) is 12.0. The Morgan fingerprint density at radius 2 is 2.00 bits per heavy atom. The van der Waals surface area contributed by atoms with Gasteiger partial charge in [0.1, 0.15) is 5.76 Å². The van der Waals surface area contributed by atoms with Gasteiger partial charge in [-0.2, -0.15) is 0 Å². The van der Waals surface area contributed by atoms with E-state index < -0.39 is 0 Å². The van der Waals surface area contributed by atoms with E-state index >= 15 is 0 Å². The molecule has 2 aromatic rings. The van der Waals surface area contributed by atoms with Crippen LogP contribution in [0.3, 0.4) is 0 Å². The summed E-state index contributed by atoms with van der Waals surface area (Å²) in [6, 6.07) is 6.82. The van der Waals surface area contributed by atoms with E-state index in [2.05, 4.69) is 21.1 Å². The molecule has 0 radical (unpaired) electrons. The van der Waals surface area contributed by atoms with Crippen LogP contribution in [-0.4, -0.2) is 34.4 Å². The molecular formula is C16H16N4O4S. The summed E-state index contributed by atoms with van der Waals surface area (Å²) in [6.45, 7) is 2.24. The minimum Gasteiger partial charge on any atom is -0.360 e. The molecule has 0 bridgehead atoms. The van der Waals surface area contributed by atoms with Gasteiger partial charge in [0.2, 0.25) is 11.8 Å². The zero-order valence-corrected chi connectivity index (χ0v) is 14.2. The van der Waals surface area contributed by atoms with Crippen molar-refractivity contribution in [3.8, 4) is 0 Å². The van der Waals surface area contributed by atoms with Crippen molar-refractivity contribution < 1.29 is 18.9 Å². The van der Waals surface area contributed by atoms with E-state index in [-0.39, 0.29) is 29.2 Å². The summed E-state index contributed by atoms with van der Waals surface area (Å²) in [7, 11) is 0. The SMILES string of the molecule is Cc1cc(NC(=O)CSCC(=O)Nc2ccc3c(c2)C(=O)NC3)no1. The van der Waals surface area contributed by atoms with E-state index in [4.69, 9.17) is 4.52 Å². The van der Waals surface area contributed by atoms with Gasteiger partial charge in [-0.15, -0.1) is 11.8 Å². The molecule has 3 rings (SSSR count). The van der Waals surface area contributed by atoms with Crippen LogP contribution in [0.1, 0.15) is 21.7 Å². The van der Waals surface area contributed by atoms with Gasteiger partial charge in [0.25, 0.3) is 5.91 Å². The largest absolute Gasteiger partial charge is 0.360 e. The van der Waals surface area contributed by atoms with Gasteiger partial charge >= 0.3 is 0 Å². The molecule has 0 fully saturated rings. The second-order valence-electron chi connectivity index (χ2n) is 5.47. The van der Waals surface area contributed by atoms with Crippen LogP contribution in [0.4, 0.5) is 11.5 Å². The molecule has 0 spiro atoms. The molecule has 9 heteroatoms. The lowest BCUT2D eigenvalue weighted by Gasteiger charge is -2.06. The molecule has 1 aliphatic heterocycles. The fourth-order valence-corrected chi connectivity index (χ4v) is 2.95. The summed E-state index contributed by atoms with van der Waals surface area (Å²) >= 11 is 1.18. The van der Waals surface area contributed by atoms with E-state index in [0.717, 1.165) is 5.56 Å². The molecule has 1 aromatic heterocycles. The summed E-state index contributed by atoms with van der Waals surface area (Å²) in [5.74, 6) is 0.545. The number of aryl methyl sites for hydroxylation is 1. The lowest BCUT2D eigenvalue weighted by Crippen LogP contribution is -2.18. The van der Waals surface area contributed by atoms with Crippen molar-refractivity contribution in [3.63, 3.8) is 0 Å². The number of amides is 3. The summed E-state index contributed by atoms with van der Waals surface area (Å²) in [5.41, 5.74) is 2.05. The van der Waals surface area contributed by atoms with Gasteiger partial charge in [0, 0.05) is 23.9 Å². The number of nitrogens with one attached hydrogen (secondary N) is 3. The number of benzene rings is 1. The Hall–Kier alpha value is -2.81. The van der Waals surface area contributed by atoms with Crippen molar-refractivity contribution in [2.75, 3.05) is 22.1 Å². The number of fused-ring (bicyclic) bond motifs is 1. The van der Waals surface area contributed by atoms with Gasteiger partial charge in [0.15, 0.2) is 5.82 Å². The smallest absolute Gasteiger partial charge is 0.251 e. The number of hydrogen-bond donors (Lipinski definition) is 3. The third-order valence-corrected chi connectivity index (χ3v) is 4.37. The monoisotopic (exact) mass is 360 g/mol. The highest BCUT2D eigenvalue weighted by Crippen LogP contribution is 2.20. The molecule has 130 valence electrons. The van der Waals surface area contributed by atoms with Crippen molar-refractivity contribution in [3.05, 3.63) is 41.2 Å². The molecule has 8 nitrogen and oxygen atoms in total. The minimum atomic E-state index is -0.264. The maximum absolute atomic E-state index is 11.9. The number of carbonyl (C=O) groups excluding carboxylic acids is 3. The molecular weight excluding hydrogens is 344 g/mol. The van der Waals surface area contributed by atoms with Crippen LogP contribution in [0.2, 0.25) is 0 Å². The first-order valence-corrected chi connectivity index (χ1v) is 8.68. The fraction of sp³-hybridized carbons (Fsp3) is 0.250.